The molecule has 1 heterocycles. The van der Waals surface area contributed by atoms with Gasteiger partial charge in [0.25, 0.3) is 0 Å². The quantitative estimate of drug-likeness (QED) is 0.466. The van der Waals surface area contributed by atoms with Crippen LogP contribution in [0, 0.1) is 0 Å². The van der Waals surface area contributed by atoms with Gasteiger partial charge in [-0.25, -0.2) is 4.21 Å². The Bertz CT molecular complexity index is 1100. The second-order valence-electron chi connectivity index (χ2n) is 6.57. The fourth-order valence-corrected chi connectivity index (χ4v) is 5.84. The maximum Gasteiger partial charge on any atom is 0.158 e. The van der Waals surface area contributed by atoms with Gasteiger partial charge in [0.2, 0.25) is 0 Å². The average Bonchev–Trinajstić information content (AvgIpc) is 3.24. The predicted octanol–water partition coefficient (Wildman–Crippen LogP) is 6.55. The summed E-state index contributed by atoms with van der Waals surface area (Å²) >= 11 is 25.2. The Kier molecular flexibility index (Phi) is 5.81. The van der Waals surface area contributed by atoms with Gasteiger partial charge in [0.05, 0.1) is 20.6 Å². The number of halogens is 4. The van der Waals surface area contributed by atoms with Crippen molar-refractivity contribution in [3.8, 4) is 11.3 Å². The Labute approximate surface area is 186 Å². The molecule has 1 N–H and O–H groups in total. The molecule has 0 amide bonds. The van der Waals surface area contributed by atoms with Crippen molar-refractivity contribution in [3.63, 3.8) is 0 Å². The van der Waals surface area contributed by atoms with Gasteiger partial charge in [-0.05, 0) is 67.4 Å². The fourth-order valence-electron chi connectivity index (χ4n) is 3.65. The summed E-state index contributed by atoms with van der Waals surface area (Å²) in [6.45, 7) is 0. The minimum Gasteiger partial charge on any atom is -0.313 e. The number of fused-ring (bicyclic) bond motifs is 1. The Morgan fingerprint density at radius 1 is 1.04 bits per heavy atom. The van der Waals surface area contributed by atoms with E-state index >= 15 is 0 Å². The van der Waals surface area contributed by atoms with Crippen LogP contribution in [0.25, 0.3) is 11.3 Å². The molecule has 0 aliphatic heterocycles. The van der Waals surface area contributed by atoms with Crippen molar-refractivity contribution < 1.29 is 4.21 Å². The van der Waals surface area contributed by atoms with Crippen molar-refractivity contribution in [2.24, 2.45) is 0 Å². The molecule has 2 atom stereocenters. The van der Waals surface area contributed by atoms with Gasteiger partial charge < -0.3 is 5.32 Å². The van der Waals surface area contributed by atoms with Crippen LogP contribution >= 0.6 is 46.4 Å². The largest absolute Gasteiger partial charge is 0.313 e. The van der Waals surface area contributed by atoms with Gasteiger partial charge in [-0.1, -0.05) is 46.4 Å². The molecule has 2 aromatic carbocycles. The number of rotatable bonds is 4. The van der Waals surface area contributed by atoms with Crippen LogP contribution in [-0.4, -0.2) is 15.2 Å². The van der Waals surface area contributed by atoms with Gasteiger partial charge in [0, 0.05) is 27.8 Å². The zero-order valence-corrected chi connectivity index (χ0v) is 18.6. The predicted molar refractivity (Wildman–Crippen MR) is 118 cm³/mol. The lowest BCUT2D eigenvalue weighted by Crippen LogP contribution is -2.13. The van der Waals surface area contributed by atoms with E-state index in [4.69, 9.17) is 46.4 Å². The van der Waals surface area contributed by atoms with Crippen LogP contribution in [0.5, 0.6) is 0 Å². The van der Waals surface area contributed by atoms with Crippen LogP contribution < -0.4 is 5.32 Å². The third kappa shape index (κ3) is 3.51. The molecule has 0 spiro atoms. The molecular weight excluding hydrogens is 458 g/mol. The maximum absolute atomic E-state index is 13.5. The third-order valence-corrected chi connectivity index (χ3v) is 7.56. The summed E-state index contributed by atoms with van der Waals surface area (Å²) in [6.07, 6.45) is 3.74. The third-order valence-electron chi connectivity index (χ3n) is 4.96. The first-order valence-electron chi connectivity index (χ1n) is 8.64. The summed E-state index contributed by atoms with van der Waals surface area (Å²) < 4.78 is 15.3. The summed E-state index contributed by atoms with van der Waals surface area (Å²) in [6, 6.07) is 10.4. The normalized spacial score (nSPS) is 17.0. The smallest absolute Gasteiger partial charge is 0.158 e. The van der Waals surface area contributed by atoms with Crippen molar-refractivity contribution in [3.05, 3.63) is 73.8 Å². The topological polar surface area (TPSA) is 34.0 Å². The molecule has 28 heavy (non-hydrogen) atoms. The van der Waals surface area contributed by atoms with Crippen LogP contribution in [0.4, 0.5) is 0 Å². The molecule has 0 fully saturated rings. The highest BCUT2D eigenvalue weighted by Gasteiger charge is 2.31. The molecule has 3 nitrogen and oxygen atoms in total. The average molecular weight is 474 g/mol. The fraction of sp³-hybridized carbons (Fsp3) is 0.200. The first-order chi connectivity index (χ1) is 13.4. The zero-order chi connectivity index (χ0) is 20.0. The lowest BCUT2D eigenvalue weighted by Gasteiger charge is -2.14. The highest BCUT2D eigenvalue weighted by molar-refractivity contribution is 7.83. The SMILES string of the molecule is CNC1CCc2c1cn(S(=O)c1cc(Cl)ccc1Cl)c2-c1cc(Cl)ccc1Cl. The Morgan fingerprint density at radius 2 is 1.71 bits per heavy atom. The molecule has 8 heteroatoms. The van der Waals surface area contributed by atoms with Gasteiger partial charge in [-0.3, -0.25) is 3.97 Å². The molecule has 0 saturated heterocycles. The Balaban J connectivity index is 1.96. The highest BCUT2D eigenvalue weighted by atomic mass is 35.5. The molecule has 1 aliphatic rings. The molecule has 1 aromatic heterocycles. The summed E-state index contributed by atoms with van der Waals surface area (Å²) in [4.78, 5) is 0.447. The van der Waals surface area contributed by atoms with Gasteiger partial charge in [0.15, 0.2) is 11.0 Å². The van der Waals surface area contributed by atoms with Crippen molar-refractivity contribution >= 4 is 57.4 Å². The maximum atomic E-state index is 13.5. The van der Waals surface area contributed by atoms with Crippen LogP contribution in [0.1, 0.15) is 23.6 Å². The number of hydrogen-bond acceptors (Lipinski definition) is 2. The summed E-state index contributed by atoms with van der Waals surface area (Å²) in [5.41, 5.74) is 3.78. The summed E-state index contributed by atoms with van der Waals surface area (Å²) in [5.74, 6) is 0. The van der Waals surface area contributed by atoms with Crippen LogP contribution in [0.3, 0.4) is 0 Å². The van der Waals surface area contributed by atoms with E-state index in [1.807, 2.05) is 13.2 Å². The summed E-state index contributed by atoms with van der Waals surface area (Å²) in [5, 5.41) is 5.30. The van der Waals surface area contributed by atoms with Crippen molar-refractivity contribution in [2.75, 3.05) is 7.05 Å². The lowest BCUT2D eigenvalue weighted by molar-refractivity contribution is 0.587. The second kappa shape index (κ2) is 8.02. The van der Waals surface area contributed by atoms with Gasteiger partial charge in [0.1, 0.15) is 0 Å². The zero-order valence-electron chi connectivity index (χ0n) is 14.8. The van der Waals surface area contributed by atoms with Crippen LogP contribution in [-0.2, 0) is 17.4 Å². The molecule has 2 unspecified atom stereocenters. The van der Waals surface area contributed by atoms with Gasteiger partial charge >= 0.3 is 0 Å². The first-order valence-corrected chi connectivity index (χ1v) is 11.3. The summed E-state index contributed by atoms with van der Waals surface area (Å²) in [7, 11) is 0.326. The van der Waals surface area contributed by atoms with E-state index < -0.39 is 11.0 Å². The number of aromatic nitrogens is 1. The highest BCUT2D eigenvalue weighted by Crippen LogP contribution is 2.43. The van der Waals surface area contributed by atoms with Crippen molar-refractivity contribution in [2.45, 2.75) is 23.8 Å². The molecular formula is C20H16Cl4N2OS. The minimum atomic E-state index is -1.60. The van der Waals surface area contributed by atoms with E-state index in [2.05, 4.69) is 5.32 Å². The van der Waals surface area contributed by atoms with Crippen LogP contribution in [0.15, 0.2) is 47.5 Å². The molecule has 0 bridgehead atoms. The second-order valence-corrected chi connectivity index (χ2v) is 9.58. The van der Waals surface area contributed by atoms with E-state index in [0.717, 1.165) is 35.2 Å². The molecule has 4 rings (SSSR count). The van der Waals surface area contributed by atoms with E-state index in [0.29, 0.717) is 25.0 Å². The number of nitrogens with one attached hydrogen (secondary N) is 1. The van der Waals surface area contributed by atoms with Crippen molar-refractivity contribution in [1.29, 1.82) is 0 Å². The molecule has 0 radical (unpaired) electrons. The molecule has 0 saturated carbocycles. The Morgan fingerprint density at radius 3 is 2.43 bits per heavy atom. The minimum absolute atomic E-state index is 0.194. The van der Waals surface area contributed by atoms with Gasteiger partial charge in [-0.2, -0.15) is 0 Å². The van der Waals surface area contributed by atoms with Gasteiger partial charge in [-0.15, -0.1) is 0 Å². The standard InChI is InChI=1S/C20H16Cl4N2OS/c1-25-18-7-4-13-15(18)10-26(20(13)14-8-11(21)2-5-16(14)23)28(27)19-9-12(22)3-6-17(19)24/h2-3,5-6,8-10,18,25H,4,7H2,1H3. The van der Waals surface area contributed by atoms with E-state index in [9.17, 15) is 4.21 Å². The molecule has 146 valence electrons. The van der Waals surface area contributed by atoms with E-state index in [-0.39, 0.29) is 6.04 Å². The van der Waals surface area contributed by atoms with Crippen LogP contribution in [0.2, 0.25) is 20.1 Å². The monoisotopic (exact) mass is 472 g/mol. The molecule has 1 aliphatic carbocycles. The van der Waals surface area contributed by atoms with Crippen molar-refractivity contribution in [1.82, 2.24) is 9.29 Å². The number of hydrogen-bond donors (Lipinski definition) is 1. The number of benzene rings is 2. The number of nitrogens with zero attached hydrogens (tertiary/aromatic N) is 1. The lowest BCUT2D eigenvalue weighted by atomic mass is 10.1. The molecule has 3 aromatic rings. The first kappa shape index (κ1) is 20.3. The van der Waals surface area contributed by atoms with E-state index in [1.165, 1.54) is 0 Å². The Hall–Kier alpha value is -1.01. The van der Waals surface area contributed by atoms with E-state index in [1.54, 1.807) is 40.4 Å².